The molecular formula is C13H21ClFNO. The Balaban J connectivity index is 0.00000256. The molecule has 1 aromatic rings. The van der Waals surface area contributed by atoms with Crippen LogP contribution in [0.25, 0.3) is 0 Å². The Kier molecular flexibility index (Phi) is 7.16. The Labute approximate surface area is 109 Å². The molecule has 0 aliphatic rings. The van der Waals surface area contributed by atoms with Gasteiger partial charge in [0.1, 0.15) is 11.6 Å². The van der Waals surface area contributed by atoms with Gasteiger partial charge in [0.15, 0.2) is 0 Å². The second kappa shape index (κ2) is 7.51. The van der Waals surface area contributed by atoms with E-state index in [9.17, 15) is 4.39 Å². The second-order valence-electron chi connectivity index (χ2n) is 4.43. The highest BCUT2D eigenvalue weighted by Crippen LogP contribution is 2.29. The zero-order valence-corrected chi connectivity index (χ0v) is 11.4. The van der Waals surface area contributed by atoms with Gasteiger partial charge in [-0.3, -0.25) is 0 Å². The first kappa shape index (κ1) is 16.2. The molecule has 0 aliphatic heterocycles. The van der Waals surface area contributed by atoms with Gasteiger partial charge in [-0.2, -0.15) is 0 Å². The number of hydrogen-bond donors (Lipinski definition) is 1. The van der Waals surface area contributed by atoms with E-state index in [-0.39, 0.29) is 24.3 Å². The van der Waals surface area contributed by atoms with Crippen molar-refractivity contribution in [2.24, 2.45) is 11.7 Å². The van der Waals surface area contributed by atoms with E-state index in [0.29, 0.717) is 17.2 Å². The minimum atomic E-state index is -0.293. The molecule has 0 bridgehead atoms. The van der Waals surface area contributed by atoms with Crippen LogP contribution in [0.15, 0.2) is 18.2 Å². The minimum absolute atomic E-state index is 0. The lowest BCUT2D eigenvalue weighted by Gasteiger charge is -2.17. The van der Waals surface area contributed by atoms with Crippen molar-refractivity contribution in [2.45, 2.75) is 32.7 Å². The van der Waals surface area contributed by atoms with E-state index in [0.717, 1.165) is 12.8 Å². The highest BCUT2D eigenvalue weighted by molar-refractivity contribution is 5.85. The number of hydrogen-bond acceptors (Lipinski definition) is 2. The molecule has 1 atom stereocenters. The molecule has 0 spiro atoms. The van der Waals surface area contributed by atoms with Crippen LogP contribution in [0.1, 0.15) is 38.3 Å². The lowest BCUT2D eigenvalue weighted by Crippen LogP contribution is -2.14. The molecule has 0 aromatic heterocycles. The Bertz CT molecular complexity index is 344. The van der Waals surface area contributed by atoms with Crippen LogP contribution in [0.4, 0.5) is 4.39 Å². The molecule has 1 aromatic carbocycles. The first-order valence-electron chi connectivity index (χ1n) is 5.64. The zero-order chi connectivity index (χ0) is 12.1. The van der Waals surface area contributed by atoms with Gasteiger partial charge in [-0.05, 0) is 30.9 Å². The maximum absolute atomic E-state index is 13.7. The third kappa shape index (κ3) is 4.52. The van der Waals surface area contributed by atoms with Crippen LogP contribution in [-0.2, 0) is 0 Å². The van der Waals surface area contributed by atoms with Gasteiger partial charge in [-0.25, -0.2) is 4.39 Å². The molecule has 0 amide bonds. The van der Waals surface area contributed by atoms with E-state index in [1.807, 2.05) is 0 Å². The van der Waals surface area contributed by atoms with Crippen molar-refractivity contribution in [1.82, 2.24) is 0 Å². The largest absolute Gasteiger partial charge is 0.496 e. The third-order valence-corrected chi connectivity index (χ3v) is 2.66. The van der Waals surface area contributed by atoms with Gasteiger partial charge in [0.2, 0.25) is 0 Å². The lowest BCUT2D eigenvalue weighted by molar-refractivity contribution is 0.393. The number of nitrogens with two attached hydrogens (primary N) is 1. The van der Waals surface area contributed by atoms with E-state index in [1.165, 1.54) is 13.2 Å². The fraction of sp³-hybridized carbons (Fsp3) is 0.538. The molecule has 0 saturated heterocycles. The average molecular weight is 262 g/mol. The van der Waals surface area contributed by atoms with Crippen molar-refractivity contribution in [1.29, 1.82) is 0 Å². The summed E-state index contributed by atoms with van der Waals surface area (Å²) in [5.74, 6) is 0.829. The van der Waals surface area contributed by atoms with E-state index >= 15 is 0 Å². The topological polar surface area (TPSA) is 35.2 Å². The SMILES string of the molecule is COc1cccc(F)c1[C@@H](N)CCC(C)C.Cl. The number of benzene rings is 1. The van der Waals surface area contributed by atoms with Crippen LogP contribution in [0.5, 0.6) is 5.75 Å². The van der Waals surface area contributed by atoms with Gasteiger partial charge >= 0.3 is 0 Å². The monoisotopic (exact) mass is 261 g/mol. The van der Waals surface area contributed by atoms with E-state index in [1.54, 1.807) is 12.1 Å². The summed E-state index contributed by atoms with van der Waals surface area (Å²) in [5, 5.41) is 0. The van der Waals surface area contributed by atoms with Crippen molar-refractivity contribution < 1.29 is 9.13 Å². The van der Waals surface area contributed by atoms with Gasteiger partial charge < -0.3 is 10.5 Å². The molecule has 0 saturated carbocycles. The summed E-state index contributed by atoms with van der Waals surface area (Å²) in [7, 11) is 1.54. The van der Waals surface area contributed by atoms with Crippen LogP contribution >= 0.6 is 12.4 Å². The highest BCUT2D eigenvalue weighted by atomic mass is 35.5. The van der Waals surface area contributed by atoms with Crippen molar-refractivity contribution >= 4 is 12.4 Å². The first-order chi connectivity index (χ1) is 7.56. The molecule has 0 radical (unpaired) electrons. The molecule has 2 N–H and O–H groups in total. The maximum atomic E-state index is 13.7. The standard InChI is InChI=1S/C13H20FNO.ClH/c1-9(2)7-8-11(15)13-10(14)5-4-6-12(13)16-3;/h4-6,9,11H,7-8,15H2,1-3H3;1H/t11-;/m0./s1. The molecule has 2 nitrogen and oxygen atoms in total. The van der Waals surface area contributed by atoms with Crippen LogP contribution in [0, 0.1) is 11.7 Å². The minimum Gasteiger partial charge on any atom is -0.496 e. The Hall–Kier alpha value is -0.800. The molecular weight excluding hydrogens is 241 g/mol. The molecule has 0 aliphatic carbocycles. The lowest BCUT2D eigenvalue weighted by atomic mass is 9.97. The predicted molar refractivity (Wildman–Crippen MR) is 71.2 cm³/mol. The van der Waals surface area contributed by atoms with Crippen molar-refractivity contribution in [3.63, 3.8) is 0 Å². The highest BCUT2D eigenvalue weighted by Gasteiger charge is 2.16. The summed E-state index contributed by atoms with van der Waals surface area (Å²) in [6.07, 6.45) is 1.76. The summed E-state index contributed by atoms with van der Waals surface area (Å²) >= 11 is 0. The molecule has 98 valence electrons. The molecule has 0 heterocycles. The molecule has 0 unspecified atom stereocenters. The fourth-order valence-corrected chi connectivity index (χ4v) is 1.71. The maximum Gasteiger partial charge on any atom is 0.131 e. The summed E-state index contributed by atoms with van der Waals surface area (Å²) in [6.45, 7) is 4.26. The van der Waals surface area contributed by atoms with Gasteiger partial charge in [-0.1, -0.05) is 19.9 Å². The van der Waals surface area contributed by atoms with Crippen molar-refractivity contribution in [2.75, 3.05) is 7.11 Å². The van der Waals surface area contributed by atoms with Gasteiger partial charge in [-0.15, -0.1) is 12.4 Å². The predicted octanol–water partition coefficient (Wildman–Crippen LogP) is 3.69. The second-order valence-corrected chi connectivity index (χ2v) is 4.43. The average Bonchev–Trinajstić information content (AvgIpc) is 2.25. The van der Waals surface area contributed by atoms with Crippen LogP contribution in [-0.4, -0.2) is 7.11 Å². The van der Waals surface area contributed by atoms with Gasteiger partial charge in [0.05, 0.1) is 7.11 Å². The molecule has 0 fully saturated rings. The smallest absolute Gasteiger partial charge is 0.131 e. The Morgan fingerprint density at radius 2 is 1.94 bits per heavy atom. The number of ether oxygens (including phenoxy) is 1. The number of rotatable bonds is 5. The van der Waals surface area contributed by atoms with Crippen molar-refractivity contribution in [3.05, 3.63) is 29.6 Å². The first-order valence-corrected chi connectivity index (χ1v) is 5.64. The van der Waals surface area contributed by atoms with Crippen LogP contribution < -0.4 is 10.5 Å². The summed E-state index contributed by atoms with van der Waals surface area (Å²) in [6, 6.07) is 4.51. The summed E-state index contributed by atoms with van der Waals surface area (Å²) in [5.41, 5.74) is 6.49. The summed E-state index contributed by atoms with van der Waals surface area (Å²) in [4.78, 5) is 0. The van der Waals surface area contributed by atoms with Gasteiger partial charge in [0, 0.05) is 11.6 Å². The summed E-state index contributed by atoms with van der Waals surface area (Å²) < 4.78 is 18.8. The van der Waals surface area contributed by atoms with E-state index in [2.05, 4.69) is 13.8 Å². The van der Waals surface area contributed by atoms with Crippen molar-refractivity contribution in [3.8, 4) is 5.75 Å². The molecule has 4 heteroatoms. The van der Waals surface area contributed by atoms with Crippen LogP contribution in [0.3, 0.4) is 0 Å². The quantitative estimate of drug-likeness (QED) is 0.877. The zero-order valence-electron chi connectivity index (χ0n) is 10.6. The normalized spacial score (nSPS) is 12.1. The van der Waals surface area contributed by atoms with E-state index in [4.69, 9.17) is 10.5 Å². The number of methoxy groups -OCH3 is 1. The van der Waals surface area contributed by atoms with Gasteiger partial charge in [0.25, 0.3) is 0 Å². The Morgan fingerprint density at radius 3 is 2.47 bits per heavy atom. The Morgan fingerprint density at radius 1 is 1.29 bits per heavy atom. The molecule has 1 rings (SSSR count). The molecule has 17 heavy (non-hydrogen) atoms. The third-order valence-electron chi connectivity index (χ3n) is 2.66. The fourth-order valence-electron chi connectivity index (χ4n) is 1.71. The number of halogens is 2. The van der Waals surface area contributed by atoms with Crippen LogP contribution in [0.2, 0.25) is 0 Å². The van der Waals surface area contributed by atoms with E-state index < -0.39 is 0 Å².